The summed E-state index contributed by atoms with van der Waals surface area (Å²) in [4.78, 5) is 25.1. The average Bonchev–Trinajstić information content (AvgIpc) is 2.84. The molecule has 1 aromatic carbocycles. The van der Waals surface area contributed by atoms with Gasteiger partial charge in [-0.25, -0.2) is 9.59 Å². The van der Waals surface area contributed by atoms with Gasteiger partial charge in [-0.05, 0) is 51.2 Å². The molecular formula is C17H22BrNO4. The molecule has 0 spiro atoms. The molecule has 2 atom stereocenters. The van der Waals surface area contributed by atoms with E-state index in [2.05, 4.69) is 15.9 Å². The summed E-state index contributed by atoms with van der Waals surface area (Å²) in [5, 5.41) is 9.41. The van der Waals surface area contributed by atoms with E-state index in [9.17, 15) is 14.7 Å². The molecule has 1 N–H and O–H groups in total. The standard InChI is InChI=1S/C17H22BrNO4/c1-17(2,3)23-16(22)19-10-11(9-14(19)15(20)21)8-12-6-4-5-7-13(12)18/h4-7,11,14H,8-10H2,1-3H3,(H,20,21)/t11?,14-/m0/s1. The van der Waals surface area contributed by atoms with Crippen molar-refractivity contribution in [3.05, 3.63) is 34.3 Å². The Hall–Kier alpha value is -1.56. The van der Waals surface area contributed by atoms with Crippen molar-refractivity contribution in [2.75, 3.05) is 6.54 Å². The molecular weight excluding hydrogens is 362 g/mol. The van der Waals surface area contributed by atoms with Crippen LogP contribution in [0.2, 0.25) is 0 Å². The molecule has 23 heavy (non-hydrogen) atoms. The van der Waals surface area contributed by atoms with E-state index < -0.39 is 23.7 Å². The lowest BCUT2D eigenvalue weighted by Gasteiger charge is -2.26. The second-order valence-corrected chi connectivity index (χ2v) is 7.74. The van der Waals surface area contributed by atoms with Gasteiger partial charge in [0.25, 0.3) is 0 Å². The molecule has 1 aromatic rings. The number of carbonyl (C=O) groups excluding carboxylic acids is 1. The van der Waals surface area contributed by atoms with Gasteiger partial charge in [-0.15, -0.1) is 0 Å². The fourth-order valence-electron chi connectivity index (χ4n) is 2.80. The van der Waals surface area contributed by atoms with E-state index in [1.54, 1.807) is 20.8 Å². The molecule has 6 heteroatoms. The highest BCUT2D eigenvalue weighted by Crippen LogP contribution is 2.30. The van der Waals surface area contributed by atoms with Gasteiger partial charge < -0.3 is 9.84 Å². The van der Waals surface area contributed by atoms with E-state index in [0.717, 1.165) is 16.5 Å². The number of hydrogen-bond acceptors (Lipinski definition) is 3. The van der Waals surface area contributed by atoms with Gasteiger partial charge in [0.1, 0.15) is 11.6 Å². The molecule has 1 aliphatic heterocycles. The number of nitrogens with zero attached hydrogens (tertiary/aromatic N) is 1. The molecule has 126 valence electrons. The molecule has 0 radical (unpaired) electrons. The number of rotatable bonds is 3. The second kappa shape index (κ2) is 6.91. The summed E-state index contributed by atoms with van der Waals surface area (Å²) in [6, 6.07) is 7.04. The molecule has 1 unspecified atom stereocenters. The summed E-state index contributed by atoms with van der Waals surface area (Å²) in [5.41, 5.74) is 0.480. The van der Waals surface area contributed by atoms with E-state index in [4.69, 9.17) is 4.74 Å². The predicted molar refractivity (Wildman–Crippen MR) is 90.3 cm³/mol. The Bertz CT molecular complexity index is 597. The van der Waals surface area contributed by atoms with Crippen LogP contribution in [0.3, 0.4) is 0 Å². The zero-order chi connectivity index (χ0) is 17.2. The number of carboxylic acid groups (broad SMARTS) is 1. The Balaban J connectivity index is 2.10. The van der Waals surface area contributed by atoms with Crippen LogP contribution in [0, 0.1) is 5.92 Å². The summed E-state index contributed by atoms with van der Waals surface area (Å²) in [6.45, 7) is 5.72. The lowest BCUT2D eigenvalue weighted by molar-refractivity contribution is -0.142. The zero-order valence-corrected chi connectivity index (χ0v) is 15.2. The first kappa shape index (κ1) is 17.8. The number of carbonyl (C=O) groups is 2. The molecule has 1 amide bonds. The molecule has 2 rings (SSSR count). The largest absolute Gasteiger partial charge is 0.480 e. The first-order valence-corrected chi connectivity index (χ1v) is 8.42. The van der Waals surface area contributed by atoms with Crippen LogP contribution in [-0.4, -0.2) is 40.3 Å². The number of aliphatic carboxylic acids is 1. The molecule has 1 aliphatic rings. The van der Waals surface area contributed by atoms with Gasteiger partial charge in [0.15, 0.2) is 0 Å². The summed E-state index contributed by atoms with van der Waals surface area (Å²) in [6.07, 6.45) is 0.611. The molecule has 0 saturated carbocycles. The normalized spacial score (nSPS) is 21.3. The highest BCUT2D eigenvalue weighted by atomic mass is 79.9. The van der Waals surface area contributed by atoms with Crippen LogP contribution in [0.1, 0.15) is 32.8 Å². The Morgan fingerprint density at radius 3 is 2.57 bits per heavy atom. The van der Waals surface area contributed by atoms with Gasteiger partial charge in [-0.2, -0.15) is 0 Å². The van der Waals surface area contributed by atoms with Crippen molar-refractivity contribution < 1.29 is 19.4 Å². The lowest BCUT2D eigenvalue weighted by Crippen LogP contribution is -2.43. The minimum absolute atomic E-state index is 0.0994. The summed E-state index contributed by atoms with van der Waals surface area (Å²) in [7, 11) is 0. The summed E-state index contributed by atoms with van der Waals surface area (Å²) in [5.74, 6) is -0.882. The van der Waals surface area contributed by atoms with E-state index >= 15 is 0 Å². The van der Waals surface area contributed by atoms with Crippen LogP contribution in [0.25, 0.3) is 0 Å². The number of hydrogen-bond donors (Lipinski definition) is 1. The third-order valence-electron chi connectivity index (χ3n) is 3.77. The fourth-order valence-corrected chi connectivity index (χ4v) is 3.25. The van der Waals surface area contributed by atoms with E-state index in [-0.39, 0.29) is 5.92 Å². The molecule has 0 aliphatic carbocycles. The maximum Gasteiger partial charge on any atom is 0.411 e. The van der Waals surface area contributed by atoms with E-state index in [0.29, 0.717) is 13.0 Å². The Morgan fingerprint density at radius 1 is 1.35 bits per heavy atom. The second-order valence-electron chi connectivity index (χ2n) is 6.88. The van der Waals surface area contributed by atoms with Crippen molar-refractivity contribution in [2.24, 2.45) is 5.92 Å². The third kappa shape index (κ3) is 4.70. The Kier molecular flexibility index (Phi) is 5.34. The smallest absolute Gasteiger partial charge is 0.411 e. The van der Waals surface area contributed by atoms with Gasteiger partial charge >= 0.3 is 12.1 Å². The van der Waals surface area contributed by atoms with Gasteiger partial charge in [0.05, 0.1) is 0 Å². The molecule has 0 bridgehead atoms. The monoisotopic (exact) mass is 383 g/mol. The van der Waals surface area contributed by atoms with Gasteiger partial charge in [-0.3, -0.25) is 4.90 Å². The van der Waals surface area contributed by atoms with Crippen LogP contribution >= 0.6 is 15.9 Å². The van der Waals surface area contributed by atoms with Crippen LogP contribution < -0.4 is 0 Å². The number of halogens is 1. The van der Waals surface area contributed by atoms with Crippen LogP contribution in [0.5, 0.6) is 0 Å². The number of carboxylic acids is 1. The summed E-state index contributed by atoms with van der Waals surface area (Å²) < 4.78 is 6.34. The number of benzene rings is 1. The zero-order valence-electron chi connectivity index (χ0n) is 13.6. The SMILES string of the molecule is CC(C)(C)OC(=O)N1CC(Cc2ccccc2Br)C[C@H]1C(=O)O. The van der Waals surface area contributed by atoms with Gasteiger partial charge in [-0.1, -0.05) is 34.1 Å². The highest BCUT2D eigenvalue weighted by Gasteiger charge is 2.41. The van der Waals surface area contributed by atoms with E-state index in [1.807, 2.05) is 24.3 Å². The number of ether oxygens (including phenoxy) is 1. The van der Waals surface area contributed by atoms with Crippen LogP contribution in [0.4, 0.5) is 4.79 Å². The van der Waals surface area contributed by atoms with Crippen LogP contribution in [-0.2, 0) is 16.0 Å². The lowest BCUT2D eigenvalue weighted by atomic mass is 9.97. The molecule has 1 fully saturated rings. The predicted octanol–water partition coefficient (Wildman–Crippen LogP) is 3.70. The highest BCUT2D eigenvalue weighted by molar-refractivity contribution is 9.10. The van der Waals surface area contributed by atoms with Crippen molar-refractivity contribution in [1.82, 2.24) is 4.90 Å². The fraction of sp³-hybridized carbons (Fsp3) is 0.529. The van der Waals surface area contributed by atoms with Crippen LogP contribution in [0.15, 0.2) is 28.7 Å². The first-order chi connectivity index (χ1) is 10.7. The molecule has 5 nitrogen and oxygen atoms in total. The number of likely N-dealkylation sites (tertiary alicyclic amines) is 1. The van der Waals surface area contributed by atoms with Crippen molar-refractivity contribution in [3.8, 4) is 0 Å². The minimum atomic E-state index is -0.981. The first-order valence-electron chi connectivity index (χ1n) is 7.63. The quantitative estimate of drug-likeness (QED) is 0.863. The summed E-state index contributed by atoms with van der Waals surface area (Å²) >= 11 is 3.51. The van der Waals surface area contributed by atoms with Crippen molar-refractivity contribution in [2.45, 2.75) is 45.3 Å². The Morgan fingerprint density at radius 2 is 2.00 bits per heavy atom. The Labute approximate surface area is 144 Å². The maximum atomic E-state index is 12.3. The van der Waals surface area contributed by atoms with Crippen molar-refractivity contribution in [1.29, 1.82) is 0 Å². The van der Waals surface area contributed by atoms with E-state index in [1.165, 1.54) is 4.90 Å². The minimum Gasteiger partial charge on any atom is -0.480 e. The van der Waals surface area contributed by atoms with Gasteiger partial charge in [0, 0.05) is 11.0 Å². The average molecular weight is 384 g/mol. The van der Waals surface area contributed by atoms with Gasteiger partial charge in [0.2, 0.25) is 0 Å². The topological polar surface area (TPSA) is 66.8 Å². The maximum absolute atomic E-state index is 12.3. The van der Waals surface area contributed by atoms with Crippen molar-refractivity contribution >= 4 is 28.0 Å². The number of amides is 1. The molecule has 1 saturated heterocycles. The molecule has 0 aromatic heterocycles. The third-order valence-corrected chi connectivity index (χ3v) is 4.54. The van der Waals surface area contributed by atoms with Crippen molar-refractivity contribution in [3.63, 3.8) is 0 Å². The molecule has 1 heterocycles.